The molecule has 0 aromatic heterocycles. The first-order valence-electron chi connectivity index (χ1n) is 5.81. The summed E-state index contributed by atoms with van der Waals surface area (Å²) in [7, 11) is 1.23. The second-order valence-electron chi connectivity index (χ2n) is 4.16. The van der Waals surface area contributed by atoms with Crippen molar-refractivity contribution in [2.75, 3.05) is 18.2 Å². The maximum Gasteiger partial charge on any atom is 0.340 e. The highest BCUT2D eigenvalue weighted by molar-refractivity contribution is 9.10. The minimum Gasteiger partial charge on any atom is -0.465 e. The van der Waals surface area contributed by atoms with Crippen LogP contribution in [0.25, 0.3) is 0 Å². The van der Waals surface area contributed by atoms with Crippen LogP contribution < -0.4 is 11.1 Å². The molecular formula is C14H11BrClFN2O2. The van der Waals surface area contributed by atoms with Crippen molar-refractivity contribution in [1.29, 1.82) is 0 Å². The predicted molar refractivity (Wildman–Crippen MR) is 84.6 cm³/mol. The van der Waals surface area contributed by atoms with E-state index in [-0.39, 0.29) is 16.9 Å². The zero-order valence-corrected chi connectivity index (χ0v) is 13.3. The lowest BCUT2D eigenvalue weighted by molar-refractivity contribution is 0.0602. The first kappa shape index (κ1) is 15.6. The van der Waals surface area contributed by atoms with E-state index in [1.165, 1.54) is 13.2 Å². The molecule has 0 amide bonds. The Bertz CT molecular complexity index is 710. The van der Waals surface area contributed by atoms with Crippen LogP contribution in [0.15, 0.2) is 34.8 Å². The number of rotatable bonds is 3. The Kier molecular flexibility index (Phi) is 4.69. The van der Waals surface area contributed by atoms with Crippen LogP contribution in [0.1, 0.15) is 10.4 Å². The van der Waals surface area contributed by atoms with Crippen LogP contribution in [0.4, 0.5) is 21.5 Å². The number of esters is 1. The van der Waals surface area contributed by atoms with Gasteiger partial charge in [0.1, 0.15) is 5.82 Å². The van der Waals surface area contributed by atoms with Gasteiger partial charge in [-0.05, 0) is 46.3 Å². The summed E-state index contributed by atoms with van der Waals surface area (Å²) in [6.07, 6.45) is 0. The van der Waals surface area contributed by atoms with Gasteiger partial charge in [-0.2, -0.15) is 0 Å². The monoisotopic (exact) mass is 372 g/mol. The van der Waals surface area contributed by atoms with Crippen LogP contribution in [-0.2, 0) is 4.74 Å². The Morgan fingerprint density at radius 2 is 2.10 bits per heavy atom. The van der Waals surface area contributed by atoms with Gasteiger partial charge in [0.15, 0.2) is 0 Å². The maximum absolute atomic E-state index is 13.9. The molecule has 0 fully saturated rings. The molecule has 0 unspecified atom stereocenters. The number of nitrogens with one attached hydrogen (secondary N) is 1. The molecule has 0 saturated carbocycles. The number of hydrogen-bond acceptors (Lipinski definition) is 4. The number of carbonyl (C=O) groups excluding carboxylic acids is 1. The Morgan fingerprint density at radius 3 is 2.71 bits per heavy atom. The molecule has 0 heterocycles. The van der Waals surface area contributed by atoms with Gasteiger partial charge in [-0.3, -0.25) is 0 Å². The molecule has 2 rings (SSSR count). The second-order valence-corrected chi connectivity index (χ2v) is 5.43. The zero-order valence-electron chi connectivity index (χ0n) is 10.9. The highest BCUT2D eigenvalue weighted by atomic mass is 79.9. The van der Waals surface area contributed by atoms with Crippen molar-refractivity contribution in [2.45, 2.75) is 0 Å². The molecule has 7 heteroatoms. The van der Waals surface area contributed by atoms with Gasteiger partial charge in [0, 0.05) is 15.8 Å². The highest BCUT2D eigenvalue weighted by Gasteiger charge is 2.15. The molecule has 0 bridgehead atoms. The lowest BCUT2D eigenvalue weighted by atomic mass is 10.1. The Morgan fingerprint density at radius 1 is 1.38 bits per heavy atom. The number of methoxy groups -OCH3 is 1. The Balaban J connectivity index is 2.39. The van der Waals surface area contributed by atoms with Gasteiger partial charge in [0.05, 0.1) is 23.4 Å². The van der Waals surface area contributed by atoms with Crippen molar-refractivity contribution in [3.63, 3.8) is 0 Å². The van der Waals surface area contributed by atoms with Crippen molar-refractivity contribution < 1.29 is 13.9 Å². The van der Waals surface area contributed by atoms with Gasteiger partial charge in [-0.1, -0.05) is 11.6 Å². The van der Waals surface area contributed by atoms with Crippen molar-refractivity contribution >= 4 is 50.6 Å². The average molecular weight is 374 g/mol. The highest BCUT2D eigenvalue weighted by Crippen LogP contribution is 2.30. The number of halogens is 3. The van der Waals surface area contributed by atoms with Gasteiger partial charge >= 0.3 is 5.97 Å². The van der Waals surface area contributed by atoms with Gasteiger partial charge in [0.25, 0.3) is 0 Å². The minimum atomic E-state index is -0.632. The zero-order chi connectivity index (χ0) is 15.6. The molecule has 0 aliphatic rings. The molecule has 3 N–H and O–H groups in total. The number of carbonyl (C=O) groups is 1. The average Bonchev–Trinajstić information content (AvgIpc) is 2.45. The summed E-state index contributed by atoms with van der Waals surface area (Å²) in [5.41, 5.74) is 6.43. The van der Waals surface area contributed by atoms with E-state index in [0.29, 0.717) is 15.2 Å². The fraction of sp³-hybridized carbons (Fsp3) is 0.0714. The fourth-order valence-corrected chi connectivity index (χ4v) is 2.20. The molecule has 0 atom stereocenters. The largest absolute Gasteiger partial charge is 0.465 e. The molecule has 4 nitrogen and oxygen atoms in total. The van der Waals surface area contributed by atoms with E-state index in [9.17, 15) is 9.18 Å². The fourth-order valence-electron chi connectivity index (χ4n) is 1.70. The first-order valence-corrected chi connectivity index (χ1v) is 6.99. The smallest absolute Gasteiger partial charge is 0.340 e. The number of nitrogens with two attached hydrogens (primary N) is 1. The molecule has 0 radical (unpaired) electrons. The molecule has 0 aliphatic heterocycles. The molecule has 2 aromatic rings. The van der Waals surface area contributed by atoms with Crippen molar-refractivity contribution in [1.82, 2.24) is 0 Å². The quantitative estimate of drug-likeness (QED) is 0.620. The second kappa shape index (κ2) is 6.32. The topological polar surface area (TPSA) is 64.3 Å². The summed E-state index contributed by atoms with van der Waals surface area (Å²) >= 11 is 9.17. The molecular weight excluding hydrogens is 363 g/mol. The van der Waals surface area contributed by atoms with Crippen LogP contribution >= 0.6 is 27.5 Å². The first-order chi connectivity index (χ1) is 9.92. The van der Waals surface area contributed by atoms with Crippen LogP contribution in [0.3, 0.4) is 0 Å². The maximum atomic E-state index is 13.9. The van der Waals surface area contributed by atoms with Gasteiger partial charge in [0.2, 0.25) is 0 Å². The lowest BCUT2D eigenvalue weighted by Gasteiger charge is -2.11. The van der Waals surface area contributed by atoms with Crippen LogP contribution in [0.5, 0.6) is 0 Å². The SMILES string of the molecule is COC(=O)c1cc(Nc2ccc(Cl)c(Br)c2)c(F)cc1N. The van der Waals surface area contributed by atoms with Gasteiger partial charge in [-0.25, -0.2) is 9.18 Å². The predicted octanol–water partition coefficient (Wildman–Crippen LogP) is 4.35. The molecule has 0 saturated heterocycles. The number of anilines is 3. The normalized spacial score (nSPS) is 10.3. The van der Waals surface area contributed by atoms with E-state index in [0.717, 1.165) is 6.07 Å². The van der Waals surface area contributed by atoms with Crippen molar-refractivity contribution in [2.24, 2.45) is 0 Å². The van der Waals surface area contributed by atoms with Crippen LogP contribution in [-0.4, -0.2) is 13.1 Å². The summed E-state index contributed by atoms with van der Waals surface area (Å²) in [6, 6.07) is 7.40. The van der Waals surface area contributed by atoms with Gasteiger partial charge < -0.3 is 15.8 Å². The molecule has 0 spiro atoms. The van der Waals surface area contributed by atoms with E-state index >= 15 is 0 Å². The van der Waals surface area contributed by atoms with Crippen LogP contribution in [0.2, 0.25) is 5.02 Å². The molecule has 0 aliphatic carbocycles. The van der Waals surface area contributed by atoms with Crippen LogP contribution in [0, 0.1) is 5.82 Å². The van der Waals surface area contributed by atoms with Crippen molar-refractivity contribution in [3.05, 3.63) is 51.2 Å². The third-order valence-corrected chi connectivity index (χ3v) is 3.96. The minimum absolute atomic E-state index is 0.0159. The van der Waals surface area contributed by atoms with Gasteiger partial charge in [-0.15, -0.1) is 0 Å². The van der Waals surface area contributed by atoms with E-state index in [1.807, 2.05) is 0 Å². The van der Waals surface area contributed by atoms with E-state index < -0.39 is 11.8 Å². The Labute approximate surface area is 134 Å². The Hall–Kier alpha value is -1.79. The lowest BCUT2D eigenvalue weighted by Crippen LogP contribution is -2.07. The summed E-state index contributed by atoms with van der Waals surface area (Å²) in [5.74, 6) is -1.21. The van der Waals surface area contributed by atoms with E-state index in [4.69, 9.17) is 17.3 Å². The number of ether oxygens (including phenoxy) is 1. The molecule has 2 aromatic carbocycles. The third-order valence-electron chi connectivity index (χ3n) is 2.74. The molecule has 110 valence electrons. The molecule has 21 heavy (non-hydrogen) atoms. The van der Waals surface area contributed by atoms with Crippen molar-refractivity contribution in [3.8, 4) is 0 Å². The standard InChI is InChI=1S/C14H11BrClFN2O2/c1-21-14(20)8-5-13(11(17)6-12(8)18)19-7-2-3-10(16)9(15)4-7/h2-6,19H,18H2,1H3. The third kappa shape index (κ3) is 3.46. The summed E-state index contributed by atoms with van der Waals surface area (Å²) in [5, 5.41) is 3.40. The number of benzene rings is 2. The number of nitrogen functional groups attached to an aromatic ring is 1. The number of hydrogen-bond donors (Lipinski definition) is 2. The summed E-state index contributed by atoms with van der Waals surface area (Å²) in [4.78, 5) is 11.6. The summed E-state index contributed by atoms with van der Waals surface area (Å²) in [6.45, 7) is 0. The van der Waals surface area contributed by atoms with E-state index in [1.54, 1.807) is 18.2 Å². The van der Waals surface area contributed by atoms with E-state index in [2.05, 4.69) is 26.0 Å². The summed E-state index contributed by atoms with van der Waals surface area (Å²) < 4.78 is 19.2.